The molecule has 0 fully saturated rings. The molecule has 0 N–H and O–H groups in total. The Labute approximate surface area is 208 Å². The molecule has 0 bridgehead atoms. The summed E-state index contributed by atoms with van der Waals surface area (Å²) in [6, 6.07) is 11.1. The van der Waals surface area contributed by atoms with Gasteiger partial charge >= 0.3 is 5.97 Å². The quantitative estimate of drug-likeness (QED) is 0.244. The zero-order valence-electron chi connectivity index (χ0n) is 21.8. The molecule has 3 aromatic rings. The van der Waals surface area contributed by atoms with Crippen LogP contribution in [-0.4, -0.2) is 49.5 Å². The summed E-state index contributed by atoms with van der Waals surface area (Å²) in [5.74, 6) is 0.788. The number of hydrogen-bond acceptors (Lipinski definition) is 6. The van der Waals surface area contributed by atoms with Gasteiger partial charge in [0.15, 0.2) is 5.78 Å². The molecule has 35 heavy (non-hydrogen) atoms. The summed E-state index contributed by atoms with van der Waals surface area (Å²) < 4.78 is 17.4. The fourth-order valence-corrected chi connectivity index (χ4v) is 4.18. The Balaban J connectivity index is 1.88. The van der Waals surface area contributed by atoms with Crippen molar-refractivity contribution in [3.05, 3.63) is 64.4 Å². The third-order valence-electron chi connectivity index (χ3n) is 6.05. The van der Waals surface area contributed by atoms with Gasteiger partial charge in [-0.1, -0.05) is 45.9 Å². The summed E-state index contributed by atoms with van der Waals surface area (Å²) >= 11 is 0. The van der Waals surface area contributed by atoms with Crippen molar-refractivity contribution in [2.24, 2.45) is 5.92 Å². The molecule has 0 saturated heterocycles. The molecule has 6 nitrogen and oxygen atoms in total. The van der Waals surface area contributed by atoms with Gasteiger partial charge in [-0.15, -0.1) is 0 Å². The van der Waals surface area contributed by atoms with E-state index in [4.69, 9.17) is 13.9 Å². The topological polar surface area (TPSA) is 69.0 Å². The second kappa shape index (κ2) is 12.0. The minimum atomic E-state index is -0.406. The Hall–Kier alpha value is -3.12. The molecule has 0 atom stereocenters. The normalized spacial score (nSPS) is 11.4. The Kier molecular flexibility index (Phi) is 9.10. The summed E-state index contributed by atoms with van der Waals surface area (Å²) in [6.45, 7) is 15.9. The summed E-state index contributed by atoms with van der Waals surface area (Å²) in [7, 11) is 0. The van der Waals surface area contributed by atoms with Crippen LogP contribution in [0.25, 0.3) is 11.0 Å². The van der Waals surface area contributed by atoms with E-state index in [1.165, 1.54) is 0 Å². The molecule has 0 aliphatic rings. The largest absolute Gasteiger partial charge is 0.492 e. The number of ketones is 1. The lowest BCUT2D eigenvalue weighted by Gasteiger charge is -2.19. The molecule has 6 heteroatoms. The van der Waals surface area contributed by atoms with Gasteiger partial charge in [0.2, 0.25) is 0 Å². The maximum Gasteiger partial charge on any atom is 0.313 e. The molecule has 1 aromatic heterocycles. The van der Waals surface area contributed by atoms with Crippen LogP contribution in [0.3, 0.4) is 0 Å². The first-order valence-electron chi connectivity index (χ1n) is 12.4. The molecule has 0 unspecified atom stereocenters. The standard InChI is InChI=1S/C29H37NO5/c1-7-30(8-2)13-14-33-29-20(5)15-22(16-21(29)6)28(32)27-23-11-9-10-12-24(23)35-25(27)17-26(31)34-18-19(3)4/h9-12,15-16,19H,7-8,13-14,17-18H2,1-6H3. The number of benzene rings is 2. The van der Waals surface area contributed by atoms with Crippen molar-refractivity contribution in [1.29, 1.82) is 0 Å². The number of carbonyl (C=O) groups excluding carboxylic acids is 2. The second-order valence-electron chi connectivity index (χ2n) is 9.29. The first-order valence-corrected chi connectivity index (χ1v) is 12.4. The Bertz CT molecular complexity index is 1150. The maximum atomic E-state index is 13.7. The van der Waals surface area contributed by atoms with Gasteiger partial charge in [-0.3, -0.25) is 9.59 Å². The smallest absolute Gasteiger partial charge is 0.313 e. The minimum absolute atomic E-state index is 0.0903. The lowest BCUT2D eigenvalue weighted by Crippen LogP contribution is -2.28. The summed E-state index contributed by atoms with van der Waals surface area (Å²) in [5.41, 5.74) is 3.33. The van der Waals surface area contributed by atoms with Crippen LogP contribution in [0.15, 0.2) is 40.8 Å². The van der Waals surface area contributed by atoms with Crippen LogP contribution in [-0.2, 0) is 16.0 Å². The van der Waals surface area contributed by atoms with E-state index in [1.807, 2.05) is 58.0 Å². The van der Waals surface area contributed by atoms with Gasteiger partial charge in [-0.2, -0.15) is 0 Å². The molecule has 0 saturated carbocycles. The number of rotatable bonds is 12. The highest BCUT2D eigenvalue weighted by Gasteiger charge is 2.25. The van der Waals surface area contributed by atoms with Crippen molar-refractivity contribution < 1.29 is 23.5 Å². The van der Waals surface area contributed by atoms with E-state index in [0.29, 0.717) is 41.1 Å². The number of fused-ring (bicyclic) bond motifs is 1. The first kappa shape index (κ1) is 26.5. The number of para-hydroxylation sites is 1. The third kappa shape index (κ3) is 6.51. The van der Waals surface area contributed by atoms with Gasteiger partial charge < -0.3 is 18.8 Å². The van der Waals surface area contributed by atoms with E-state index in [2.05, 4.69) is 18.7 Å². The molecular weight excluding hydrogens is 442 g/mol. The predicted octanol–water partition coefficient (Wildman–Crippen LogP) is 5.74. The van der Waals surface area contributed by atoms with Crippen molar-refractivity contribution in [1.82, 2.24) is 4.90 Å². The zero-order chi connectivity index (χ0) is 25.5. The third-order valence-corrected chi connectivity index (χ3v) is 6.05. The number of likely N-dealkylation sites (N-methyl/N-ethyl adjacent to an activating group) is 1. The van der Waals surface area contributed by atoms with Crippen LogP contribution in [0.2, 0.25) is 0 Å². The monoisotopic (exact) mass is 479 g/mol. The maximum absolute atomic E-state index is 13.7. The number of esters is 1. The molecule has 0 aliphatic carbocycles. The first-order chi connectivity index (χ1) is 16.7. The highest BCUT2D eigenvalue weighted by atomic mass is 16.5. The number of aryl methyl sites for hydroxylation is 2. The van der Waals surface area contributed by atoms with Gasteiger partial charge in [0.1, 0.15) is 30.1 Å². The van der Waals surface area contributed by atoms with Gasteiger partial charge in [0, 0.05) is 17.5 Å². The van der Waals surface area contributed by atoms with E-state index in [-0.39, 0.29) is 18.1 Å². The summed E-state index contributed by atoms with van der Waals surface area (Å²) in [4.78, 5) is 28.5. The SMILES string of the molecule is CCN(CC)CCOc1c(C)cc(C(=O)c2c(CC(=O)OCC(C)C)oc3ccccc23)cc1C. The number of furan rings is 1. The van der Waals surface area contributed by atoms with Crippen molar-refractivity contribution in [3.8, 4) is 5.75 Å². The average molecular weight is 480 g/mol. The van der Waals surface area contributed by atoms with Crippen LogP contribution in [0.5, 0.6) is 5.75 Å². The predicted molar refractivity (Wildman–Crippen MR) is 138 cm³/mol. The van der Waals surface area contributed by atoms with Crippen LogP contribution >= 0.6 is 0 Å². The van der Waals surface area contributed by atoms with E-state index in [9.17, 15) is 9.59 Å². The van der Waals surface area contributed by atoms with E-state index in [0.717, 1.165) is 36.5 Å². The molecule has 1 heterocycles. The Morgan fingerprint density at radius 3 is 2.31 bits per heavy atom. The highest BCUT2D eigenvalue weighted by molar-refractivity contribution is 6.17. The Morgan fingerprint density at radius 1 is 1.03 bits per heavy atom. The second-order valence-corrected chi connectivity index (χ2v) is 9.29. The van der Waals surface area contributed by atoms with Crippen LogP contribution < -0.4 is 4.74 Å². The Morgan fingerprint density at radius 2 is 1.69 bits per heavy atom. The van der Waals surface area contributed by atoms with E-state index in [1.54, 1.807) is 6.07 Å². The van der Waals surface area contributed by atoms with E-state index >= 15 is 0 Å². The highest BCUT2D eigenvalue weighted by Crippen LogP contribution is 2.31. The van der Waals surface area contributed by atoms with Crippen molar-refractivity contribution >= 4 is 22.7 Å². The van der Waals surface area contributed by atoms with Crippen LogP contribution in [0, 0.1) is 19.8 Å². The average Bonchev–Trinajstić information content (AvgIpc) is 3.19. The fourth-order valence-electron chi connectivity index (χ4n) is 4.18. The number of carbonyl (C=O) groups is 2. The van der Waals surface area contributed by atoms with Crippen molar-refractivity contribution in [2.75, 3.05) is 32.8 Å². The minimum Gasteiger partial charge on any atom is -0.492 e. The van der Waals surface area contributed by atoms with Crippen LogP contribution in [0.4, 0.5) is 0 Å². The molecule has 0 radical (unpaired) electrons. The lowest BCUT2D eigenvalue weighted by molar-refractivity contribution is -0.144. The number of ether oxygens (including phenoxy) is 2. The summed E-state index contributed by atoms with van der Waals surface area (Å²) in [5, 5.41) is 0.694. The lowest BCUT2D eigenvalue weighted by atomic mass is 9.96. The number of nitrogens with zero attached hydrogens (tertiary/aromatic N) is 1. The van der Waals surface area contributed by atoms with Gasteiger partial charge in [0.05, 0.1) is 12.2 Å². The van der Waals surface area contributed by atoms with Crippen molar-refractivity contribution in [3.63, 3.8) is 0 Å². The van der Waals surface area contributed by atoms with Gasteiger partial charge in [0.25, 0.3) is 0 Å². The summed E-state index contributed by atoms with van der Waals surface area (Å²) in [6.07, 6.45) is -0.0903. The molecule has 3 rings (SSSR count). The molecule has 0 aliphatic heterocycles. The number of hydrogen-bond donors (Lipinski definition) is 0. The molecule has 2 aromatic carbocycles. The van der Waals surface area contributed by atoms with Gasteiger partial charge in [-0.05, 0) is 62.2 Å². The molecular formula is C29H37NO5. The molecule has 188 valence electrons. The zero-order valence-corrected chi connectivity index (χ0v) is 21.8. The van der Waals surface area contributed by atoms with Crippen molar-refractivity contribution in [2.45, 2.75) is 48.0 Å². The van der Waals surface area contributed by atoms with Crippen LogP contribution in [0.1, 0.15) is 60.5 Å². The molecule has 0 spiro atoms. The molecule has 0 amide bonds. The fraction of sp³-hybridized carbons (Fsp3) is 0.448. The van der Waals surface area contributed by atoms with E-state index < -0.39 is 5.97 Å². The van der Waals surface area contributed by atoms with Gasteiger partial charge in [-0.25, -0.2) is 0 Å².